The molecule has 1 aliphatic rings. The minimum absolute atomic E-state index is 0.867. The van der Waals surface area contributed by atoms with Crippen molar-refractivity contribution in [3.8, 4) is 0 Å². The van der Waals surface area contributed by atoms with Gasteiger partial charge >= 0.3 is 0 Å². The van der Waals surface area contributed by atoms with Crippen LogP contribution in [0.15, 0.2) is 0 Å². The second-order valence-corrected chi connectivity index (χ2v) is 6.71. The van der Waals surface area contributed by atoms with Crippen LogP contribution in [0, 0.1) is 0 Å². The van der Waals surface area contributed by atoms with Crippen LogP contribution in [0.1, 0.15) is 25.7 Å². The number of hydrogen-bond acceptors (Lipinski definition) is 0. The topological polar surface area (TPSA) is 0 Å². The molecule has 1 fully saturated rings. The maximum atomic E-state index is 2.34. The normalized spacial score (nSPS) is 30.4. The molecule has 0 aromatic rings. The summed E-state index contributed by atoms with van der Waals surface area (Å²) in [4.78, 5) is 0. The Morgan fingerprint density at radius 3 is 1.36 bits per heavy atom. The van der Waals surface area contributed by atoms with E-state index in [1.54, 1.807) is 0 Å². The van der Waals surface area contributed by atoms with Gasteiger partial charge in [-0.15, -0.1) is 0 Å². The van der Waals surface area contributed by atoms with E-state index in [0.717, 1.165) is 21.0 Å². The minimum atomic E-state index is 0.867. The summed E-state index contributed by atoms with van der Waals surface area (Å²) in [6.45, 7) is 0. The SMILES string of the molecule is C[N+](C)(C)C1CCCC([N+](C)(C)C)C1. The monoisotopic (exact) mass is 200 g/mol. The van der Waals surface area contributed by atoms with Crippen LogP contribution in [-0.4, -0.2) is 63.3 Å². The van der Waals surface area contributed by atoms with Gasteiger partial charge in [-0.05, 0) is 19.3 Å². The van der Waals surface area contributed by atoms with E-state index in [9.17, 15) is 0 Å². The second-order valence-electron chi connectivity index (χ2n) is 6.71. The molecule has 0 N–H and O–H groups in total. The highest BCUT2D eigenvalue weighted by Gasteiger charge is 2.36. The van der Waals surface area contributed by atoms with Gasteiger partial charge in [0.2, 0.25) is 0 Å². The molecule has 2 atom stereocenters. The van der Waals surface area contributed by atoms with Crippen molar-refractivity contribution in [3.05, 3.63) is 0 Å². The standard InChI is InChI=1S/C12H28N2/c1-13(2,3)11-8-7-9-12(10-11)14(4,5)6/h11-12H,7-10H2,1-6H3/q+2. The predicted octanol–water partition coefficient (Wildman–Crippen LogP) is 1.71. The van der Waals surface area contributed by atoms with E-state index in [4.69, 9.17) is 0 Å². The summed E-state index contributed by atoms with van der Waals surface area (Å²) < 4.78 is 2.27. The molecule has 84 valence electrons. The van der Waals surface area contributed by atoms with Gasteiger partial charge in [-0.3, -0.25) is 0 Å². The third-order valence-corrected chi connectivity index (χ3v) is 3.81. The van der Waals surface area contributed by atoms with Gasteiger partial charge in [0.1, 0.15) is 0 Å². The Hall–Kier alpha value is -0.0800. The molecule has 1 aliphatic carbocycles. The molecule has 14 heavy (non-hydrogen) atoms. The average molecular weight is 200 g/mol. The van der Waals surface area contributed by atoms with E-state index < -0.39 is 0 Å². The molecule has 0 aromatic carbocycles. The van der Waals surface area contributed by atoms with Gasteiger partial charge in [0.05, 0.1) is 60.8 Å². The van der Waals surface area contributed by atoms with Crippen LogP contribution in [0.25, 0.3) is 0 Å². The summed E-state index contributed by atoms with van der Waals surface area (Å²) in [5.41, 5.74) is 0. The molecule has 0 heterocycles. The van der Waals surface area contributed by atoms with Crippen molar-refractivity contribution in [3.63, 3.8) is 0 Å². The van der Waals surface area contributed by atoms with Crippen molar-refractivity contribution < 1.29 is 8.97 Å². The largest absolute Gasteiger partial charge is 0.328 e. The minimum Gasteiger partial charge on any atom is -0.328 e. The Bertz CT molecular complexity index is 165. The number of quaternary nitrogens is 2. The van der Waals surface area contributed by atoms with Gasteiger partial charge in [-0.25, -0.2) is 0 Å². The molecule has 0 spiro atoms. The lowest BCUT2D eigenvalue weighted by Gasteiger charge is -2.43. The zero-order chi connectivity index (χ0) is 11.0. The molecule has 2 heteroatoms. The van der Waals surface area contributed by atoms with Crippen molar-refractivity contribution in [1.29, 1.82) is 0 Å². The van der Waals surface area contributed by atoms with Gasteiger partial charge in [0, 0.05) is 0 Å². The van der Waals surface area contributed by atoms with Crippen LogP contribution in [0.3, 0.4) is 0 Å². The van der Waals surface area contributed by atoms with Crippen molar-refractivity contribution in [1.82, 2.24) is 0 Å². The van der Waals surface area contributed by atoms with E-state index in [-0.39, 0.29) is 0 Å². The quantitative estimate of drug-likeness (QED) is 0.595. The lowest BCUT2D eigenvalue weighted by atomic mass is 9.88. The highest BCUT2D eigenvalue weighted by atomic mass is 15.3. The first-order valence-electron chi connectivity index (χ1n) is 5.83. The molecule has 0 aromatic heterocycles. The summed E-state index contributed by atoms with van der Waals surface area (Å²) in [5, 5.41) is 0. The highest BCUT2D eigenvalue weighted by Crippen LogP contribution is 2.29. The fourth-order valence-corrected chi connectivity index (χ4v) is 2.55. The molecule has 1 rings (SSSR count). The van der Waals surface area contributed by atoms with Gasteiger partial charge in [0.15, 0.2) is 0 Å². The molecule has 0 aliphatic heterocycles. The first-order valence-corrected chi connectivity index (χ1v) is 5.83. The maximum Gasteiger partial charge on any atom is 0.0941 e. The van der Waals surface area contributed by atoms with E-state index in [1.807, 2.05) is 0 Å². The molecular formula is C12H28N2+2. The highest BCUT2D eigenvalue weighted by molar-refractivity contribution is 4.73. The summed E-state index contributed by atoms with van der Waals surface area (Å²) >= 11 is 0. The third kappa shape index (κ3) is 2.96. The molecule has 0 amide bonds. The second kappa shape index (κ2) is 3.82. The Morgan fingerprint density at radius 2 is 1.07 bits per heavy atom. The predicted molar refractivity (Wildman–Crippen MR) is 62.1 cm³/mol. The summed E-state index contributed by atoms with van der Waals surface area (Å²) in [5.74, 6) is 0. The van der Waals surface area contributed by atoms with E-state index in [2.05, 4.69) is 42.3 Å². The summed E-state index contributed by atoms with van der Waals surface area (Å²) in [6, 6.07) is 1.73. The number of rotatable bonds is 2. The fraction of sp³-hybridized carbons (Fsp3) is 1.00. The van der Waals surface area contributed by atoms with Crippen LogP contribution in [0.4, 0.5) is 0 Å². The Morgan fingerprint density at radius 1 is 0.714 bits per heavy atom. The van der Waals surface area contributed by atoms with Gasteiger partial charge < -0.3 is 8.97 Å². The molecule has 0 saturated heterocycles. The Labute approximate surface area is 89.7 Å². The van der Waals surface area contributed by atoms with Crippen molar-refractivity contribution >= 4 is 0 Å². The van der Waals surface area contributed by atoms with Crippen molar-refractivity contribution in [2.45, 2.75) is 37.8 Å². The van der Waals surface area contributed by atoms with Gasteiger partial charge in [0.25, 0.3) is 0 Å². The fourth-order valence-electron chi connectivity index (χ4n) is 2.55. The van der Waals surface area contributed by atoms with E-state index in [1.165, 1.54) is 25.7 Å². The van der Waals surface area contributed by atoms with E-state index in [0.29, 0.717) is 0 Å². The average Bonchev–Trinajstić information content (AvgIpc) is 2.01. The zero-order valence-electron chi connectivity index (χ0n) is 10.9. The molecule has 0 radical (unpaired) electrons. The van der Waals surface area contributed by atoms with Crippen molar-refractivity contribution in [2.24, 2.45) is 0 Å². The van der Waals surface area contributed by atoms with Crippen LogP contribution in [0.2, 0.25) is 0 Å². The Kier molecular flexibility index (Phi) is 3.27. The van der Waals surface area contributed by atoms with Crippen LogP contribution >= 0.6 is 0 Å². The smallest absolute Gasteiger partial charge is 0.0941 e. The molecule has 0 bridgehead atoms. The lowest BCUT2D eigenvalue weighted by molar-refractivity contribution is -0.923. The van der Waals surface area contributed by atoms with Crippen LogP contribution in [0.5, 0.6) is 0 Å². The van der Waals surface area contributed by atoms with Crippen LogP contribution in [-0.2, 0) is 0 Å². The summed E-state index contributed by atoms with van der Waals surface area (Å²) in [7, 11) is 14.0. The van der Waals surface area contributed by atoms with Crippen molar-refractivity contribution in [2.75, 3.05) is 42.3 Å². The van der Waals surface area contributed by atoms with Gasteiger partial charge in [-0.2, -0.15) is 0 Å². The number of hydrogen-bond donors (Lipinski definition) is 0. The maximum absolute atomic E-state index is 2.34. The Balaban J connectivity index is 2.61. The number of nitrogens with zero attached hydrogens (tertiary/aromatic N) is 2. The first-order chi connectivity index (χ1) is 6.21. The third-order valence-electron chi connectivity index (χ3n) is 3.81. The van der Waals surface area contributed by atoms with E-state index >= 15 is 0 Å². The van der Waals surface area contributed by atoms with Crippen LogP contribution < -0.4 is 0 Å². The molecular weight excluding hydrogens is 172 g/mol. The van der Waals surface area contributed by atoms with Gasteiger partial charge in [-0.1, -0.05) is 0 Å². The molecule has 2 nitrogen and oxygen atoms in total. The first kappa shape index (κ1) is 12.0. The lowest BCUT2D eigenvalue weighted by Crippen LogP contribution is -2.54. The summed E-state index contributed by atoms with van der Waals surface area (Å²) in [6.07, 6.45) is 5.65. The molecule has 2 unspecified atom stereocenters. The zero-order valence-corrected chi connectivity index (χ0v) is 10.9. The molecule has 1 saturated carbocycles.